The lowest BCUT2D eigenvalue weighted by Crippen LogP contribution is -2.28. The van der Waals surface area contributed by atoms with Crippen molar-refractivity contribution in [3.8, 4) is 0 Å². The van der Waals surface area contributed by atoms with Crippen LogP contribution in [-0.4, -0.2) is 33.0 Å². The van der Waals surface area contributed by atoms with Crippen LogP contribution in [0.1, 0.15) is 26.7 Å². The van der Waals surface area contributed by atoms with Gasteiger partial charge in [0.05, 0.1) is 0 Å². The summed E-state index contributed by atoms with van der Waals surface area (Å²) in [7, 11) is 0. The van der Waals surface area contributed by atoms with E-state index in [0.29, 0.717) is 24.1 Å². The third-order valence-electron chi connectivity index (χ3n) is 2.85. The van der Waals surface area contributed by atoms with Crippen molar-refractivity contribution >= 4 is 23.4 Å². The molecule has 2 heterocycles. The molecule has 0 bridgehead atoms. The first kappa shape index (κ1) is 15.0. The Kier molecular flexibility index (Phi) is 4.86. The Bertz CT molecular complexity index is 635. The summed E-state index contributed by atoms with van der Waals surface area (Å²) in [6.45, 7) is 4.65. The second-order valence-electron chi connectivity index (χ2n) is 5.20. The zero-order valence-corrected chi connectivity index (χ0v) is 12.2. The lowest BCUT2D eigenvalue weighted by atomic mass is 10.2. The molecule has 2 amide bonds. The van der Waals surface area contributed by atoms with Gasteiger partial charge in [0, 0.05) is 25.6 Å². The molecule has 0 aliphatic carbocycles. The van der Waals surface area contributed by atoms with Gasteiger partial charge in [0.15, 0.2) is 5.65 Å². The summed E-state index contributed by atoms with van der Waals surface area (Å²) < 4.78 is 1.68. The molecule has 0 radical (unpaired) electrons. The maximum Gasteiger partial charge on any atom is 0.235 e. The number of nitrogens with one attached hydrogen (secondary N) is 2. The molecule has 0 atom stereocenters. The molecule has 7 nitrogen and oxygen atoms in total. The Morgan fingerprint density at radius 1 is 1.19 bits per heavy atom. The third-order valence-corrected chi connectivity index (χ3v) is 2.85. The van der Waals surface area contributed by atoms with E-state index in [2.05, 4.69) is 20.8 Å². The average molecular weight is 289 g/mol. The zero-order chi connectivity index (χ0) is 15.2. The van der Waals surface area contributed by atoms with Gasteiger partial charge >= 0.3 is 0 Å². The molecular formula is C14H19N5O2. The Hall–Kier alpha value is -2.44. The van der Waals surface area contributed by atoms with E-state index in [1.807, 2.05) is 26.0 Å². The Labute approximate surface area is 122 Å². The first-order valence-corrected chi connectivity index (χ1v) is 6.92. The van der Waals surface area contributed by atoms with E-state index < -0.39 is 0 Å². The Morgan fingerprint density at radius 2 is 1.95 bits per heavy atom. The van der Waals surface area contributed by atoms with Crippen molar-refractivity contribution in [3.63, 3.8) is 0 Å². The molecule has 2 aromatic heterocycles. The lowest BCUT2D eigenvalue weighted by Gasteiger charge is -2.07. The van der Waals surface area contributed by atoms with E-state index in [9.17, 15) is 9.59 Å². The van der Waals surface area contributed by atoms with Crippen LogP contribution in [0.15, 0.2) is 24.4 Å². The zero-order valence-electron chi connectivity index (χ0n) is 12.2. The number of fused-ring (bicyclic) bond motifs is 1. The van der Waals surface area contributed by atoms with Crippen molar-refractivity contribution in [2.24, 2.45) is 5.92 Å². The van der Waals surface area contributed by atoms with E-state index in [0.717, 1.165) is 0 Å². The maximum atomic E-state index is 11.8. The predicted molar refractivity (Wildman–Crippen MR) is 78.7 cm³/mol. The van der Waals surface area contributed by atoms with Gasteiger partial charge in [-0.3, -0.25) is 19.3 Å². The standard InChI is InChI=1S/C14H19N5O2/c1-10(2)9-15-12(20)6-7-13(21)16-14-18-17-11-5-3-4-8-19(11)14/h3-5,8,10H,6-7,9H2,1-2H3,(H,15,20)(H,16,18,21). The molecule has 2 aromatic rings. The first-order chi connectivity index (χ1) is 10.1. The van der Waals surface area contributed by atoms with Gasteiger partial charge in [0.2, 0.25) is 17.8 Å². The molecule has 0 unspecified atom stereocenters. The van der Waals surface area contributed by atoms with Gasteiger partial charge in [-0.05, 0) is 18.1 Å². The minimum absolute atomic E-state index is 0.117. The van der Waals surface area contributed by atoms with Crippen molar-refractivity contribution in [1.82, 2.24) is 19.9 Å². The highest BCUT2D eigenvalue weighted by Crippen LogP contribution is 2.08. The molecule has 0 spiro atoms. The minimum Gasteiger partial charge on any atom is -0.356 e. The smallest absolute Gasteiger partial charge is 0.235 e. The third kappa shape index (κ3) is 4.27. The predicted octanol–water partition coefficient (Wildman–Crippen LogP) is 1.22. The molecule has 7 heteroatoms. The van der Waals surface area contributed by atoms with Gasteiger partial charge < -0.3 is 5.32 Å². The largest absolute Gasteiger partial charge is 0.356 e. The minimum atomic E-state index is -0.257. The summed E-state index contributed by atoms with van der Waals surface area (Å²) in [6.07, 6.45) is 2.04. The molecule has 0 fully saturated rings. The van der Waals surface area contributed by atoms with Crippen LogP contribution in [0.3, 0.4) is 0 Å². The van der Waals surface area contributed by atoms with Crippen molar-refractivity contribution < 1.29 is 9.59 Å². The van der Waals surface area contributed by atoms with E-state index in [1.165, 1.54) is 0 Å². The number of carbonyl (C=O) groups is 2. The van der Waals surface area contributed by atoms with E-state index >= 15 is 0 Å². The van der Waals surface area contributed by atoms with Crippen LogP contribution in [0, 0.1) is 5.92 Å². The lowest BCUT2D eigenvalue weighted by molar-refractivity contribution is -0.124. The molecule has 2 N–H and O–H groups in total. The fraction of sp³-hybridized carbons (Fsp3) is 0.429. The fourth-order valence-electron chi connectivity index (χ4n) is 1.75. The van der Waals surface area contributed by atoms with Crippen LogP contribution in [0.25, 0.3) is 5.65 Å². The quantitative estimate of drug-likeness (QED) is 0.837. The van der Waals surface area contributed by atoms with Gasteiger partial charge in [-0.15, -0.1) is 10.2 Å². The van der Waals surface area contributed by atoms with Crippen molar-refractivity contribution in [2.45, 2.75) is 26.7 Å². The van der Waals surface area contributed by atoms with Crippen LogP contribution >= 0.6 is 0 Å². The SMILES string of the molecule is CC(C)CNC(=O)CCC(=O)Nc1nnc2ccccn12. The number of hydrogen-bond donors (Lipinski definition) is 2. The average Bonchev–Trinajstić information content (AvgIpc) is 2.86. The number of anilines is 1. The van der Waals surface area contributed by atoms with Gasteiger partial charge in [0.1, 0.15) is 0 Å². The van der Waals surface area contributed by atoms with E-state index in [1.54, 1.807) is 16.7 Å². The molecule has 112 valence electrons. The maximum absolute atomic E-state index is 11.8. The number of amides is 2. The highest BCUT2D eigenvalue weighted by Gasteiger charge is 2.11. The molecule has 0 aliphatic heterocycles. The summed E-state index contributed by atoms with van der Waals surface area (Å²) in [4.78, 5) is 23.4. The highest BCUT2D eigenvalue weighted by atomic mass is 16.2. The van der Waals surface area contributed by atoms with Crippen LogP contribution in [0.4, 0.5) is 5.95 Å². The molecule has 2 rings (SSSR count). The molecule has 0 saturated carbocycles. The molecular weight excluding hydrogens is 270 g/mol. The van der Waals surface area contributed by atoms with Crippen molar-refractivity contribution in [1.29, 1.82) is 0 Å². The Morgan fingerprint density at radius 3 is 2.71 bits per heavy atom. The van der Waals surface area contributed by atoms with Crippen LogP contribution in [-0.2, 0) is 9.59 Å². The summed E-state index contributed by atoms with van der Waals surface area (Å²) in [6, 6.07) is 5.46. The number of nitrogens with zero attached hydrogens (tertiary/aromatic N) is 3. The van der Waals surface area contributed by atoms with E-state index in [-0.39, 0.29) is 24.7 Å². The number of hydrogen-bond acceptors (Lipinski definition) is 4. The summed E-state index contributed by atoms with van der Waals surface area (Å²) in [5, 5.41) is 13.3. The Balaban J connectivity index is 1.83. The summed E-state index contributed by atoms with van der Waals surface area (Å²) >= 11 is 0. The van der Waals surface area contributed by atoms with Gasteiger partial charge in [-0.1, -0.05) is 19.9 Å². The number of carbonyl (C=O) groups excluding carboxylic acids is 2. The summed E-state index contributed by atoms with van der Waals surface area (Å²) in [5.41, 5.74) is 0.655. The van der Waals surface area contributed by atoms with Crippen molar-refractivity contribution in [2.75, 3.05) is 11.9 Å². The number of aromatic nitrogens is 3. The molecule has 0 aliphatic rings. The topological polar surface area (TPSA) is 88.4 Å². The van der Waals surface area contributed by atoms with Crippen LogP contribution in [0.2, 0.25) is 0 Å². The van der Waals surface area contributed by atoms with E-state index in [4.69, 9.17) is 0 Å². The fourth-order valence-corrected chi connectivity index (χ4v) is 1.75. The van der Waals surface area contributed by atoms with Crippen LogP contribution in [0.5, 0.6) is 0 Å². The highest BCUT2D eigenvalue weighted by molar-refractivity contribution is 5.92. The van der Waals surface area contributed by atoms with Gasteiger partial charge in [0.25, 0.3) is 0 Å². The normalized spacial score (nSPS) is 10.8. The van der Waals surface area contributed by atoms with Gasteiger partial charge in [-0.2, -0.15) is 0 Å². The number of pyridine rings is 1. The molecule has 0 saturated heterocycles. The number of rotatable bonds is 6. The monoisotopic (exact) mass is 289 g/mol. The van der Waals surface area contributed by atoms with Crippen LogP contribution < -0.4 is 10.6 Å². The second-order valence-corrected chi connectivity index (χ2v) is 5.20. The second kappa shape index (κ2) is 6.83. The first-order valence-electron chi connectivity index (χ1n) is 6.92. The van der Waals surface area contributed by atoms with Crippen molar-refractivity contribution in [3.05, 3.63) is 24.4 Å². The van der Waals surface area contributed by atoms with Gasteiger partial charge in [-0.25, -0.2) is 0 Å². The molecule has 21 heavy (non-hydrogen) atoms. The summed E-state index contributed by atoms with van der Waals surface area (Å²) in [5.74, 6) is 0.376. The molecule has 0 aromatic carbocycles.